The summed E-state index contributed by atoms with van der Waals surface area (Å²) in [6, 6.07) is 5.34. The molecule has 7 nitrogen and oxygen atoms in total. The van der Waals surface area contributed by atoms with E-state index >= 15 is 0 Å². The van der Waals surface area contributed by atoms with Gasteiger partial charge in [0.1, 0.15) is 0 Å². The highest BCUT2D eigenvalue weighted by atomic mass is 16.7. The van der Waals surface area contributed by atoms with Gasteiger partial charge in [0.15, 0.2) is 18.1 Å². The molecule has 0 spiro atoms. The zero-order valence-corrected chi connectivity index (χ0v) is 12.5. The van der Waals surface area contributed by atoms with E-state index in [4.69, 9.17) is 18.9 Å². The van der Waals surface area contributed by atoms with Crippen LogP contribution >= 0.6 is 0 Å². The van der Waals surface area contributed by atoms with Crippen molar-refractivity contribution in [2.75, 3.05) is 39.7 Å². The molecule has 0 unspecified atom stereocenters. The molecule has 0 aromatic heterocycles. The van der Waals surface area contributed by atoms with Crippen molar-refractivity contribution in [3.63, 3.8) is 0 Å². The van der Waals surface area contributed by atoms with Crippen LogP contribution in [0.5, 0.6) is 11.5 Å². The molecule has 0 aliphatic carbocycles. The van der Waals surface area contributed by atoms with Gasteiger partial charge in [0.2, 0.25) is 6.79 Å². The molecule has 0 atom stereocenters. The third kappa shape index (κ3) is 4.01. The van der Waals surface area contributed by atoms with E-state index in [1.807, 2.05) is 0 Å². The molecule has 7 heteroatoms. The molecular formula is C16H17NO6. The average molecular weight is 319 g/mol. The molecule has 1 amide bonds. The third-order valence-electron chi connectivity index (χ3n) is 3.51. The number of hydrogen-bond acceptors (Lipinski definition) is 6. The molecular weight excluding hydrogens is 302 g/mol. The summed E-state index contributed by atoms with van der Waals surface area (Å²) in [5, 5.41) is 0. The van der Waals surface area contributed by atoms with Crippen LogP contribution in [-0.4, -0.2) is 56.5 Å². The highest BCUT2D eigenvalue weighted by Gasteiger charge is 2.17. The molecule has 1 fully saturated rings. The Balaban J connectivity index is 1.48. The molecule has 1 aromatic rings. The van der Waals surface area contributed by atoms with E-state index in [0.29, 0.717) is 37.8 Å². The molecule has 2 aliphatic rings. The minimum Gasteiger partial charge on any atom is -0.454 e. The molecule has 1 aromatic carbocycles. The van der Waals surface area contributed by atoms with Gasteiger partial charge in [-0.3, -0.25) is 4.79 Å². The number of hydrogen-bond donors (Lipinski definition) is 0. The topological polar surface area (TPSA) is 74.3 Å². The highest BCUT2D eigenvalue weighted by molar-refractivity contribution is 5.89. The zero-order chi connectivity index (χ0) is 16.1. The summed E-state index contributed by atoms with van der Waals surface area (Å²) < 4.78 is 20.6. The fourth-order valence-electron chi connectivity index (χ4n) is 2.27. The monoisotopic (exact) mass is 319 g/mol. The Kier molecular flexibility index (Phi) is 4.77. The second kappa shape index (κ2) is 7.15. The predicted molar refractivity (Wildman–Crippen MR) is 80.0 cm³/mol. The number of esters is 1. The van der Waals surface area contributed by atoms with Crippen molar-refractivity contribution in [1.82, 2.24) is 4.90 Å². The summed E-state index contributed by atoms with van der Waals surface area (Å²) >= 11 is 0. The van der Waals surface area contributed by atoms with Gasteiger partial charge in [-0.05, 0) is 23.8 Å². The standard InChI is InChI=1S/C16H17NO6/c18-15(17-5-7-20-8-6-17)10-21-16(19)4-2-12-1-3-13-14(9-12)23-11-22-13/h1-4,9H,5-8,10-11H2/b4-2+. The number of amides is 1. The second-order valence-electron chi connectivity index (χ2n) is 5.05. The normalized spacial score (nSPS) is 16.6. The number of fused-ring (bicyclic) bond motifs is 1. The highest BCUT2D eigenvalue weighted by Crippen LogP contribution is 2.32. The lowest BCUT2D eigenvalue weighted by Gasteiger charge is -2.26. The van der Waals surface area contributed by atoms with Gasteiger partial charge in [0, 0.05) is 19.2 Å². The van der Waals surface area contributed by atoms with Gasteiger partial charge in [-0.25, -0.2) is 4.79 Å². The molecule has 2 aliphatic heterocycles. The Morgan fingerprint density at radius 3 is 2.78 bits per heavy atom. The van der Waals surface area contributed by atoms with Crippen LogP contribution in [0.3, 0.4) is 0 Å². The van der Waals surface area contributed by atoms with Gasteiger partial charge in [-0.15, -0.1) is 0 Å². The summed E-state index contributed by atoms with van der Waals surface area (Å²) in [6.07, 6.45) is 2.88. The van der Waals surface area contributed by atoms with E-state index < -0.39 is 5.97 Å². The Morgan fingerprint density at radius 2 is 1.96 bits per heavy atom. The first kappa shape index (κ1) is 15.4. The minimum atomic E-state index is -0.565. The Hall–Kier alpha value is -2.54. The lowest BCUT2D eigenvalue weighted by molar-refractivity contribution is -0.150. The van der Waals surface area contributed by atoms with Gasteiger partial charge >= 0.3 is 5.97 Å². The van der Waals surface area contributed by atoms with Gasteiger partial charge in [0.05, 0.1) is 13.2 Å². The number of benzene rings is 1. The van der Waals surface area contributed by atoms with Crippen LogP contribution in [0.1, 0.15) is 5.56 Å². The van der Waals surface area contributed by atoms with Crippen molar-refractivity contribution in [2.45, 2.75) is 0 Å². The van der Waals surface area contributed by atoms with E-state index in [0.717, 1.165) is 5.56 Å². The Labute approximate surface area is 133 Å². The van der Waals surface area contributed by atoms with Gasteiger partial charge in [-0.2, -0.15) is 0 Å². The largest absolute Gasteiger partial charge is 0.454 e. The first-order valence-corrected chi connectivity index (χ1v) is 7.32. The van der Waals surface area contributed by atoms with Gasteiger partial charge < -0.3 is 23.8 Å². The quantitative estimate of drug-likeness (QED) is 0.604. The van der Waals surface area contributed by atoms with E-state index in [-0.39, 0.29) is 19.3 Å². The summed E-state index contributed by atoms with van der Waals surface area (Å²) in [6.45, 7) is 2.04. The number of nitrogens with zero attached hydrogens (tertiary/aromatic N) is 1. The van der Waals surface area contributed by atoms with Gasteiger partial charge in [0.25, 0.3) is 5.91 Å². The fourth-order valence-corrected chi connectivity index (χ4v) is 2.27. The minimum absolute atomic E-state index is 0.203. The van der Waals surface area contributed by atoms with Crippen LogP contribution < -0.4 is 9.47 Å². The van der Waals surface area contributed by atoms with Crippen molar-refractivity contribution in [1.29, 1.82) is 0 Å². The fraction of sp³-hybridized carbons (Fsp3) is 0.375. The van der Waals surface area contributed by atoms with Crippen LogP contribution in [0.25, 0.3) is 6.08 Å². The summed E-state index contributed by atoms with van der Waals surface area (Å²) in [5.74, 6) is 0.547. The first-order chi connectivity index (χ1) is 11.2. The van der Waals surface area contributed by atoms with Crippen LogP contribution in [0.2, 0.25) is 0 Å². The number of morpholine rings is 1. The number of ether oxygens (including phenoxy) is 4. The van der Waals surface area contributed by atoms with Crippen molar-refractivity contribution < 1.29 is 28.5 Å². The van der Waals surface area contributed by atoms with Crippen molar-refractivity contribution in [3.8, 4) is 11.5 Å². The van der Waals surface area contributed by atoms with Crippen molar-refractivity contribution in [3.05, 3.63) is 29.8 Å². The zero-order valence-electron chi connectivity index (χ0n) is 12.5. The second-order valence-corrected chi connectivity index (χ2v) is 5.05. The molecule has 0 bridgehead atoms. The Morgan fingerprint density at radius 1 is 1.17 bits per heavy atom. The van der Waals surface area contributed by atoms with E-state index in [2.05, 4.69) is 0 Å². The van der Waals surface area contributed by atoms with E-state index in [1.54, 1.807) is 29.2 Å². The molecule has 0 radical (unpaired) electrons. The smallest absolute Gasteiger partial charge is 0.331 e. The lowest BCUT2D eigenvalue weighted by atomic mass is 10.2. The lowest BCUT2D eigenvalue weighted by Crippen LogP contribution is -2.42. The number of carbonyl (C=O) groups excluding carboxylic acids is 2. The maximum atomic E-state index is 11.8. The predicted octanol–water partition coefficient (Wildman–Crippen LogP) is 0.831. The average Bonchev–Trinajstić information content (AvgIpc) is 3.06. The third-order valence-corrected chi connectivity index (χ3v) is 3.51. The SMILES string of the molecule is O=C(/C=C/c1ccc2c(c1)OCO2)OCC(=O)N1CCOCC1. The molecule has 23 heavy (non-hydrogen) atoms. The summed E-state index contributed by atoms with van der Waals surface area (Å²) in [5.41, 5.74) is 0.783. The molecule has 122 valence electrons. The summed E-state index contributed by atoms with van der Waals surface area (Å²) in [4.78, 5) is 25.1. The first-order valence-electron chi connectivity index (χ1n) is 7.32. The molecule has 0 N–H and O–H groups in total. The van der Waals surface area contributed by atoms with Gasteiger partial charge in [-0.1, -0.05) is 6.07 Å². The van der Waals surface area contributed by atoms with Crippen LogP contribution in [-0.2, 0) is 19.1 Å². The molecule has 0 saturated carbocycles. The van der Waals surface area contributed by atoms with Crippen molar-refractivity contribution >= 4 is 18.0 Å². The van der Waals surface area contributed by atoms with Crippen LogP contribution in [0.4, 0.5) is 0 Å². The van der Waals surface area contributed by atoms with E-state index in [1.165, 1.54) is 6.08 Å². The molecule has 3 rings (SSSR count). The van der Waals surface area contributed by atoms with E-state index in [9.17, 15) is 9.59 Å². The number of rotatable bonds is 4. The maximum Gasteiger partial charge on any atom is 0.331 e. The maximum absolute atomic E-state index is 11.8. The number of carbonyl (C=O) groups is 2. The summed E-state index contributed by atoms with van der Waals surface area (Å²) in [7, 11) is 0. The molecule has 1 saturated heterocycles. The Bertz CT molecular complexity index is 621. The van der Waals surface area contributed by atoms with Crippen molar-refractivity contribution in [2.24, 2.45) is 0 Å². The molecule has 2 heterocycles. The van der Waals surface area contributed by atoms with Crippen LogP contribution in [0.15, 0.2) is 24.3 Å². The van der Waals surface area contributed by atoms with Crippen LogP contribution in [0, 0.1) is 0 Å².